The molecule has 0 radical (unpaired) electrons. The van der Waals surface area contributed by atoms with Crippen molar-refractivity contribution in [2.24, 2.45) is 5.92 Å². The molecule has 1 amide bonds. The normalized spacial score (nSPS) is 12.5. The van der Waals surface area contributed by atoms with Crippen LogP contribution in [0.1, 0.15) is 44.0 Å². The fraction of sp³-hybridized carbons (Fsp3) is 0.500. The van der Waals surface area contributed by atoms with Gasteiger partial charge in [0.2, 0.25) is 0 Å². The molecule has 1 unspecified atom stereocenters. The van der Waals surface area contributed by atoms with Crippen molar-refractivity contribution in [3.63, 3.8) is 0 Å². The van der Waals surface area contributed by atoms with Gasteiger partial charge in [-0.2, -0.15) is 0 Å². The second kappa shape index (κ2) is 6.64. The second-order valence-electron chi connectivity index (χ2n) is 5.05. The molecule has 1 atom stereocenters. The quantitative estimate of drug-likeness (QED) is 0.804. The minimum absolute atomic E-state index is 0.136. The SMILES string of the molecule is CC(C)CCC(C)NC(=O)c1cccc(N)c1Cl. The molecule has 0 spiro atoms. The van der Waals surface area contributed by atoms with Crippen LogP contribution in [-0.4, -0.2) is 11.9 Å². The Hall–Kier alpha value is -1.22. The molecule has 4 heteroatoms. The summed E-state index contributed by atoms with van der Waals surface area (Å²) in [5, 5.41) is 3.27. The zero-order chi connectivity index (χ0) is 13.7. The van der Waals surface area contributed by atoms with Crippen molar-refractivity contribution >= 4 is 23.2 Å². The van der Waals surface area contributed by atoms with E-state index in [-0.39, 0.29) is 11.9 Å². The molecule has 0 aliphatic carbocycles. The van der Waals surface area contributed by atoms with E-state index in [1.54, 1.807) is 18.2 Å². The minimum Gasteiger partial charge on any atom is -0.398 e. The van der Waals surface area contributed by atoms with Gasteiger partial charge in [-0.15, -0.1) is 0 Å². The molecule has 0 aliphatic rings. The van der Waals surface area contributed by atoms with Crippen LogP contribution in [0.2, 0.25) is 5.02 Å². The molecule has 3 nitrogen and oxygen atoms in total. The summed E-state index contributed by atoms with van der Waals surface area (Å²) in [5.41, 5.74) is 6.54. The van der Waals surface area contributed by atoms with Gasteiger partial charge in [-0.05, 0) is 37.8 Å². The first-order valence-electron chi connectivity index (χ1n) is 6.26. The Labute approximate surface area is 114 Å². The number of hydrogen-bond acceptors (Lipinski definition) is 2. The Bertz CT molecular complexity index is 418. The smallest absolute Gasteiger partial charge is 0.253 e. The number of anilines is 1. The molecule has 0 aliphatic heterocycles. The van der Waals surface area contributed by atoms with Crippen molar-refractivity contribution in [3.05, 3.63) is 28.8 Å². The first kappa shape index (κ1) is 14.8. The first-order chi connectivity index (χ1) is 8.41. The van der Waals surface area contributed by atoms with Crippen molar-refractivity contribution < 1.29 is 4.79 Å². The van der Waals surface area contributed by atoms with Crippen LogP contribution in [0.4, 0.5) is 5.69 Å². The Morgan fingerprint density at radius 1 is 1.33 bits per heavy atom. The molecule has 0 bridgehead atoms. The van der Waals surface area contributed by atoms with Gasteiger partial charge in [-0.25, -0.2) is 0 Å². The molecular formula is C14H21ClN2O. The van der Waals surface area contributed by atoms with Crippen LogP contribution in [0.3, 0.4) is 0 Å². The van der Waals surface area contributed by atoms with Crippen LogP contribution in [-0.2, 0) is 0 Å². The number of amides is 1. The Balaban J connectivity index is 2.62. The van der Waals surface area contributed by atoms with E-state index in [0.29, 0.717) is 22.2 Å². The number of rotatable bonds is 5. The van der Waals surface area contributed by atoms with E-state index < -0.39 is 0 Å². The molecule has 18 heavy (non-hydrogen) atoms. The molecule has 0 heterocycles. The molecule has 1 aromatic carbocycles. The van der Waals surface area contributed by atoms with Crippen LogP contribution in [0.15, 0.2) is 18.2 Å². The fourth-order valence-electron chi connectivity index (χ4n) is 1.68. The van der Waals surface area contributed by atoms with Crippen molar-refractivity contribution in [1.82, 2.24) is 5.32 Å². The molecule has 100 valence electrons. The van der Waals surface area contributed by atoms with Gasteiger partial charge in [0.25, 0.3) is 5.91 Å². The van der Waals surface area contributed by atoms with Crippen molar-refractivity contribution in [1.29, 1.82) is 0 Å². The maximum atomic E-state index is 12.0. The highest BCUT2D eigenvalue weighted by Gasteiger charge is 2.14. The van der Waals surface area contributed by atoms with E-state index in [1.165, 1.54) is 0 Å². The summed E-state index contributed by atoms with van der Waals surface area (Å²) >= 11 is 6.01. The first-order valence-corrected chi connectivity index (χ1v) is 6.64. The van der Waals surface area contributed by atoms with Crippen LogP contribution >= 0.6 is 11.6 Å². The third-order valence-corrected chi connectivity index (χ3v) is 3.25. The summed E-state index contributed by atoms with van der Waals surface area (Å²) in [7, 11) is 0. The Kier molecular flexibility index (Phi) is 5.48. The number of nitrogens with one attached hydrogen (secondary N) is 1. The lowest BCUT2D eigenvalue weighted by atomic mass is 10.0. The van der Waals surface area contributed by atoms with Crippen molar-refractivity contribution in [2.75, 3.05) is 5.73 Å². The lowest BCUT2D eigenvalue weighted by Gasteiger charge is -2.16. The van der Waals surface area contributed by atoms with Gasteiger partial charge in [0.1, 0.15) is 0 Å². The van der Waals surface area contributed by atoms with Gasteiger partial charge < -0.3 is 11.1 Å². The van der Waals surface area contributed by atoms with Crippen molar-refractivity contribution in [2.45, 2.75) is 39.7 Å². The highest BCUT2D eigenvalue weighted by atomic mass is 35.5. The predicted octanol–water partition coefficient (Wildman–Crippen LogP) is 3.48. The topological polar surface area (TPSA) is 55.1 Å². The van der Waals surface area contributed by atoms with Crippen LogP contribution in [0, 0.1) is 5.92 Å². The lowest BCUT2D eigenvalue weighted by molar-refractivity contribution is 0.0937. The molecule has 3 N–H and O–H groups in total. The van der Waals surface area contributed by atoms with Gasteiger partial charge >= 0.3 is 0 Å². The van der Waals surface area contributed by atoms with Gasteiger partial charge in [-0.1, -0.05) is 31.5 Å². The van der Waals surface area contributed by atoms with Gasteiger partial charge in [0, 0.05) is 6.04 Å². The van der Waals surface area contributed by atoms with Gasteiger partial charge in [0.15, 0.2) is 0 Å². The third kappa shape index (κ3) is 4.22. The van der Waals surface area contributed by atoms with Crippen LogP contribution < -0.4 is 11.1 Å². The van der Waals surface area contributed by atoms with Crippen molar-refractivity contribution in [3.8, 4) is 0 Å². The standard InChI is InChI=1S/C14H21ClN2O/c1-9(2)7-8-10(3)17-14(18)11-5-4-6-12(16)13(11)15/h4-6,9-10H,7-8,16H2,1-3H3,(H,17,18). The zero-order valence-electron chi connectivity index (χ0n) is 11.2. The number of halogens is 1. The summed E-state index contributed by atoms with van der Waals surface area (Å²) < 4.78 is 0. The summed E-state index contributed by atoms with van der Waals surface area (Å²) in [6.45, 7) is 6.34. The van der Waals surface area contributed by atoms with Crippen LogP contribution in [0.5, 0.6) is 0 Å². The highest BCUT2D eigenvalue weighted by molar-refractivity contribution is 6.36. The van der Waals surface area contributed by atoms with E-state index in [2.05, 4.69) is 19.2 Å². The van der Waals surface area contributed by atoms with E-state index in [1.807, 2.05) is 6.92 Å². The maximum absolute atomic E-state index is 12.0. The monoisotopic (exact) mass is 268 g/mol. The molecule has 0 aromatic heterocycles. The van der Waals surface area contributed by atoms with E-state index in [4.69, 9.17) is 17.3 Å². The second-order valence-corrected chi connectivity index (χ2v) is 5.43. The molecular weight excluding hydrogens is 248 g/mol. The fourth-order valence-corrected chi connectivity index (χ4v) is 1.89. The summed E-state index contributed by atoms with van der Waals surface area (Å²) in [5.74, 6) is 0.476. The number of hydrogen-bond donors (Lipinski definition) is 2. The van der Waals surface area contributed by atoms with E-state index in [9.17, 15) is 4.79 Å². The maximum Gasteiger partial charge on any atom is 0.253 e. The number of nitrogens with two attached hydrogens (primary N) is 1. The largest absolute Gasteiger partial charge is 0.398 e. The summed E-state index contributed by atoms with van der Waals surface area (Å²) in [4.78, 5) is 12.0. The number of benzene rings is 1. The van der Waals surface area contributed by atoms with Gasteiger partial charge in [-0.3, -0.25) is 4.79 Å². The number of nitrogen functional groups attached to an aromatic ring is 1. The average molecular weight is 269 g/mol. The molecule has 0 saturated carbocycles. The zero-order valence-corrected chi connectivity index (χ0v) is 11.9. The Morgan fingerprint density at radius 2 is 2.00 bits per heavy atom. The van der Waals surface area contributed by atoms with E-state index >= 15 is 0 Å². The molecule has 0 saturated heterocycles. The lowest BCUT2D eigenvalue weighted by Crippen LogP contribution is -2.33. The number of carbonyl (C=O) groups excluding carboxylic acids is 1. The summed E-state index contributed by atoms with van der Waals surface area (Å²) in [6, 6.07) is 5.23. The third-order valence-electron chi connectivity index (χ3n) is 2.83. The highest BCUT2D eigenvalue weighted by Crippen LogP contribution is 2.23. The van der Waals surface area contributed by atoms with E-state index in [0.717, 1.165) is 12.8 Å². The average Bonchev–Trinajstić information content (AvgIpc) is 2.30. The predicted molar refractivity (Wildman–Crippen MR) is 76.9 cm³/mol. The Morgan fingerprint density at radius 3 is 2.61 bits per heavy atom. The number of carbonyl (C=O) groups is 1. The summed E-state index contributed by atoms with van der Waals surface area (Å²) in [6.07, 6.45) is 2.05. The minimum atomic E-state index is -0.163. The molecule has 0 fully saturated rings. The molecule has 1 rings (SSSR count). The van der Waals surface area contributed by atoms with Gasteiger partial charge in [0.05, 0.1) is 16.3 Å². The van der Waals surface area contributed by atoms with Crippen LogP contribution in [0.25, 0.3) is 0 Å². The molecule has 1 aromatic rings.